The molecule has 5 heteroatoms. The molecule has 1 amide bonds. The molecule has 0 atom stereocenters. The highest BCUT2D eigenvalue weighted by Crippen LogP contribution is 2.17. The Hall–Kier alpha value is -2.43. The summed E-state index contributed by atoms with van der Waals surface area (Å²) in [6, 6.07) is 5.93. The van der Waals surface area contributed by atoms with Crippen molar-refractivity contribution in [3.63, 3.8) is 0 Å². The minimum Gasteiger partial charge on any atom is -0.369 e. The first-order chi connectivity index (χ1) is 9.60. The van der Waals surface area contributed by atoms with Gasteiger partial charge in [-0.3, -0.25) is 9.78 Å². The normalized spacial score (nSPS) is 10.2. The lowest BCUT2D eigenvalue weighted by molar-refractivity contribution is 0.102. The third kappa shape index (κ3) is 3.32. The summed E-state index contributed by atoms with van der Waals surface area (Å²) in [5.41, 5.74) is 3.20. The number of carbonyl (C=O) groups excluding carboxylic acids is 1. The van der Waals surface area contributed by atoms with Crippen molar-refractivity contribution < 1.29 is 4.79 Å². The van der Waals surface area contributed by atoms with Gasteiger partial charge in [-0.1, -0.05) is 12.1 Å². The molecule has 5 nitrogen and oxygen atoms in total. The number of anilines is 2. The van der Waals surface area contributed by atoms with Crippen molar-refractivity contribution in [2.45, 2.75) is 20.8 Å². The van der Waals surface area contributed by atoms with E-state index >= 15 is 0 Å². The summed E-state index contributed by atoms with van der Waals surface area (Å²) in [5, 5.41) is 5.90. The van der Waals surface area contributed by atoms with Gasteiger partial charge >= 0.3 is 0 Å². The Bertz CT molecular complexity index is 625. The number of hydrogen-bond donors (Lipinski definition) is 2. The van der Waals surface area contributed by atoms with Crippen molar-refractivity contribution >= 4 is 17.4 Å². The quantitative estimate of drug-likeness (QED) is 0.896. The number of carbonyl (C=O) groups is 1. The van der Waals surface area contributed by atoms with E-state index in [1.807, 2.05) is 39.0 Å². The summed E-state index contributed by atoms with van der Waals surface area (Å²) in [4.78, 5) is 20.4. The molecule has 0 aliphatic heterocycles. The monoisotopic (exact) mass is 270 g/mol. The maximum atomic E-state index is 12.2. The first kappa shape index (κ1) is 14.0. The number of nitrogens with one attached hydrogen (secondary N) is 2. The summed E-state index contributed by atoms with van der Waals surface area (Å²) < 4.78 is 0. The first-order valence-electron chi connectivity index (χ1n) is 6.54. The molecular formula is C15H18N4O. The molecule has 0 aliphatic rings. The molecule has 0 aliphatic carbocycles. The molecule has 1 aromatic carbocycles. The Morgan fingerprint density at radius 2 is 2.05 bits per heavy atom. The van der Waals surface area contributed by atoms with E-state index in [9.17, 15) is 4.79 Å². The molecule has 104 valence electrons. The molecule has 0 spiro atoms. The van der Waals surface area contributed by atoms with Crippen LogP contribution in [0.2, 0.25) is 0 Å². The summed E-state index contributed by atoms with van der Waals surface area (Å²) in [6.07, 6.45) is 3.06. The van der Waals surface area contributed by atoms with Crippen LogP contribution >= 0.6 is 0 Å². The maximum Gasteiger partial charge on any atom is 0.275 e. The molecule has 0 saturated carbocycles. The van der Waals surface area contributed by atoms with Gasteiger partial charge < -0.3 is 10.6 Å². The van der Waals surface area contributed by atoms with Gasteiger partial charge in [0.25, 0.3) is 5.91 Å². The summed E-state index contributed by atoms with van der Waals surface area (Å²) in [7, 11) is 0. The number of aromatic nitrogens is 2. The molecular weight excluding hydrogens is 252 g/mol. The van der Waals surface area contributed by atoms with E-state index in [2.05, 4.69) is 20.6 Å². The van der Waals surface area contributed by atoms with Gasteiger partial charge in [0.15, 0.2) is 0 Å². The van der Waals surface area contributed by atoms with Crippen LogP contribution in [0.1, 0.15) is 28.5 Å². The van der Waals surface area contributed by atoms with E-state index in [4.69, 9.17) is 0 Å². The minimum atomic E-state index is -0.258. The van der Waals surface area contributed by atoms with Crippen molar-refractivity contribution in [2.24, 2.45) is 0 Å². The summed E-state index contributed by atoms with van der Waals surface area (Å²) >= 11 is 0. The lowest BCUT2D eigenvalue weighted by atomic mass is 10.1. The maximum absolute atomic E-state index is 12.2. The number of hydrogen-bond acceptors (Lipinski definition) is 4. The minimum absolute atomic E-state index is 0.258. The van der Waals surface area contributed by atoms with Gasteiger partial charge in [-0.05, 0) is 38.0 Å². The molecule has 0 radical (unpaired) electrons. The van der Waals surface area contributed by atoms with Crippen LogP contribution in [-0.4, -0.2) is 22.4 Å². The Balaban J connectivity index is 2.19. The largest absolute Gasteiger partial charge is 0.369 e. The number of rotatable bonds is 4. The van der Waals surface area contributed by atoms with Crippen molar-refractivity contribution in [2.75, 3.05) is 17.2 Å². The highest BCUT2D eigenvalue weighted by Gasteiger charge is 2.10. The zero-order chi connectivity index (χ0) is 14.5. The molecule has 2 N–H and O–H groups in total. The second-order valence-electron chi connectivity index (χ2n) is 4.59. The molecule has 2 rings (SSSR count). The Kier molecular flexibility index (Phi) is 4.30. The zero-order valence-corrected chi connectivity index (χ0v) is 11.9. The van der Waals surface area contributed by atoms with Crippen molar-refractivity contribution in [3.05, 3.63) is 47.4 Å². The zero-order valence-electron chi connectivity index (χ0n) is 11.9. The molecule has 20 heavy (non-hydrogen) atoms. The van der Waals surface area contributed by atoms with Crippen LogP contribution in [-0.2, 0) is 0 Å². The molecule has 2 aromatic rings. The fraction of sp³-hybridized carbons (Fsp3) is 0.267. The third-order valence-corrected chi connectivity index (χ3v) is 2.87. The van der Waals surface area contributed by atoms with Gasteiger partial charge in [-0.15, -0.1) is 0 Å². The number of aryl methyl sites for hydroxylation is 2. The first-order valence-corrected chi connectivity index (χ1v) is 6.54. The average Bonchev–Trinajstić information content (AvgIpc) is 2.43. The molecule has 0 fully saturated rings. The highest BCUT2D eigenvalue weighted by atomic mass is 16.1. The fourth-order valence-corrected chi connectivity index (χ4v) is 1.80. The fourth-order valence-electron chi connectivity index (χ4n) is 1.80. The lowest BCUT2D eigenvalue weighted by Crippen LogP contribution is -2.16. The number of nitrogens with zero attached hydrogens (tertiary/aromatic N) is 2. The second kappa shape index (κ2) is 6.14. The van der Waals surface area contributed by atoms with Crippen LogP contribution in [0.15, 0.2) is 30.6 Å². The van der Waals surface area contributed by atoms with Crippen LogP contribution < -0.4 is 10.6 Å². The Morgan fingerprint density at radius 3 is 2.80 bits per heavy atom. The van der Waals surface area contributed by atoms with E-state index in [0.717, 1.165) is 23.4 Å². The van der Waals surface area contributed by atoms with E-state index in [1.54, 1.807) is 6.20 Å². The highest BCUT2D eigenvalue weighted by molar-refractivity contribution is 6.03. The van der Waals surface area contributed by atoms with Crippen molar-refractivity contribution in [1.29, 1.82) is 0 Å². The van der Waals surface area contributed by atoms with Crippen molar-refractivity contribution in [3.8, 4) is 0 Å². The molecule has 0 bridgehead atoms. The van der Waals surface area contributed by atoms with Gasteiger partial charge in [0, 0.05) is 12.2 Å². The van der Waals surface area contributed by atoms with E-state index in [0.29, 0.717) is 11.5 Å². The SMILES string of the molecule is CCNc1cncc(C(=O)Nc2cc(C)ccc2C)n1. The van der Waals surface area contributed by atoms with Crippen LogP contribution in [0.4, 0.5) is 11.5 Å². The van der Waals surface area contributed by atoms with Gasteiger partial charge in [-0.25, -0.2) is 4.98 Å². The Labute approximate surface area is 118 Å². The van der Waals surface area contributed by atoms with Crippen LogP contribution in [0.3, 0.4) is 0 Å². The van der Waals surface area contributed by atoms with Crippen LogP contribution in [0, 0.1) is 13.8 Å². The predicted molar refractivity (Wildman–Crippen MR) is 80.1 cm³/mol. The summed E-state index contributed by atoms with van der Waals surface area (Å²) in [6.45, 7) is 6.64. The Morgan fingerprint density at radius 1 is 1.25 bits per heavy atom. The van der Waals surface area contributed by atoms with Gasteiger partial charge in [-0.2, -0.15) is 0 Å². The smallest absolute Gasteiger partial charge is 0.275 e. The lowest BCUT2D eigenvalue weighted by Gasteiger charge is -2.09. The molecule has 0 saturated heterocycles. The van der Waals surface area contributed by atoms with Crippen LogP contribution in [0.5, 0.6) is 0 Å². The van der Waals surface area contributed by atoms with Crippen LogP contribution in [0.25, 0.3) is 0 Å². The topological polar surface area (TPSA) is 66.9 Å². The van der Waals surface area contributed by atoms with Crippen molar-refractivity contribution in [1.82, 2.24) is 9.97 Å². The standard InChI is InChI=1S/C15H18N4O/c1-4-17-14-9-16-8-13(18-14)15(20)19-12-7-10(2)5-6-11(12)3/h5-9H,4H2,1-3H3,(H,17,18)(H,19,20). The predicted octanol–water partition coefficient (Wildman–Crippen LogP) is 2.78. The second-order valence-corrected chi connectivity index (χ2v) is 4.59. The average molecular weight is 270 g/mol. The molecule has 1 aromatic heterocycles. The summed E-state index contributed by atoms with van der Waals surface area (Å²) in [5.74, 6) is 0.340. The van der Waals surface area contributed by atoms with Gasteiger partial charge in [0.05, 0.1) is 12.4 Å². The van der Waals surface area contributed by atoms with E-state index in [1.165, 1.54) is 6.20 Å². The molecule has 1 heterocycles. The number of amides is 1. The van der Waals surface area contributed by atoms with E-state index < -0.39 is 0 Å². The van der Waals surface area contributed by atoms with Gasteiger partial charge in [0.1, 0.15) is 11.5 Å². The van der Waals surface area contributed by atoms with E-state index in [-0.39, 0.29) is 5.91 Å². The van der Waals surface area contributed by atoms with Gasteiger partial charge in [0.2, 0.25) is 0 Å². The third-order valence-electron chi connectivity index (χ3n) is 2.87. The molecule has 0 unspecified atom stereocenters. The number of benzene rings is 1.